The first-order chi connectivity index (χ1) is 38.4. The van der Waals surface area contributed by atoms with Crippen LogP contribution in [-0.2, 0) is 22.4 Å². The highest BCUT2D eigenvalue weighted by atomic mass is 16.5. The summed E-state index contributed by atoms with van der Waals surface area (Å²) in [7, 11) is 1.50. The van der Waals surface area contributed by atoms with Gasteiger partial charge in [0.2, 0.25) is 0 Å². The number of piperidine rings is 1. The van der Waals surface area contributed by atoms with E-state index in [9.17, 15) is 30.3 Å². The zero-order valence-electron chi connectivity index (χ0n) is 46.4. The van der Waals surface area contributed by atoms with Crippen LogP contribution in [0.1, 0.15) is 142 Å². The number of benzene rings is 3. The van der Waals surface area contributed by atoms with E-state index < -0.39 is 29.6 Å². The van der Waals surface area contributed by atoms with Crippen molar-refractivity contribution >= 4 is 22.3 Å². The van der Waals surface area contributed by atoms with Crippen LogP contribution in [0.4, 0.5) is 0 Å². The second kappa shape index (κ2) is 22.1. The average molecular weight is 1070 g/mol. The van der Waals surface area contributed by atoms with E-state index in [1.54, 1.807) is 12.1 Å². The number of carbonyl (C=O) groups excluding carboxylic acids is 2. The van der Waals surface area contributed by atoms with Gasteiger partial charge in [-0.25, -0.2) is 0 Å². The molecular formula is C66H83N5O8. The van der Waals surface area contributed by atoms with Gasteiger partial charge in [0.15, 0.2) is 17.3 Å². The Morgan fingerprint density at radius 3 is 2.57 bits per heavy atom. The molecule has 0 amide bonds. The maximum atomic E-state index is 15.1. The molecular weight excluding hydrogens is 991 g/mol. The standard InChI is InChI=1S/C66H83N5O8/c1-4-35-31-70-58(67)29-47(35)46(38-13-12-36-9-6-7-10-37(36)23-38)28-53(75)52(74)24-40-18-20-66(56(77)17-15-39-25-55(79-3)54(76)27-45(39)40)21-19-41(26-57(66)78)59-43(11-8-22-72)48-34-69-50-30-51(73)44-16-14-42-32-71-65-60(42)61(44)64(50)62(48)63(65)49(59)33-68-5-2/h6-7,9-10,12-13,23,25,27,29,32,40-41,43-44,46,48-50,52-53,57,59,61-64,68-72,74-76,78H,4-5,8,11,14-17,19,21-22,24,26,28,30-31,33-34,67H2,1-3H3/t40-,41+,43-,44-,46+,48-,49+,50+,52-,53+,57+,59-,61+,62+,63+,64+,66+/m0/s1. The lowest BCUT2D eigenvalue weighted by Gasteiger charge is -2.65. The molecule has 3 heterocycles. The Hall–Kier alpha value is -5.46. The highest BCUT2D eigenvalue weighted by molar-refractivity contribution is 5.89. The van der Waals surface area contributed by atoms with Gasteiger partial charge >= 0.3 is 0 Å². The number of hydrogen-bond acceptors (Lipinski definition) is 12. The van der Waals surface area contributed by atoms with E-state index in [0.717, 1.165) is 72.8 Å². The number of ketones is 2. The van der Waals surface area contributed by atoms with Crippen molar-refractivity contribution in [3.8, 4) is 23.3 Å². The second-order valence-electron chi connectivity index (χ2n) is 25.0. The minimum atomic E-state index is -1.37. The molecule has 0 bridgehead atoms. The Morgan fingerprint density at radius 1 is 0.949 bits per heavy atom. The van der Waals surface area contributed by atoms with Gasteiger partial charge < -0.3 is 56.9 Å². The molecule has 13 nitrogen and oxygen atoms in total. The average Bonchev–Trinajstić information content (AvgIpc) is 4.16. The number of hydrogen-bond donors (Lipinski definition) is 10. The first-order valence-electron chi connectivity index (χ1n) is 30.0. The summed E-state index contributed by atoms with van der Waals surface area (Å²) in [6.45, 7) is 7.45. The van der Waals surface area contributed by atoms with Crippen LogP contribution in [0.15, 0.2) is 83.8 Å². The highest BCUT2D eigenvalue weighted by Gasteiger charge is 2.65. The number of fused-ring (bicyclic) bond motifs is 3. The molecule has 2 aliphatic heterocycles. The van der Waals surface area contributed by atoms with Crippen molar-refractivity contribution < 1.29 is 39.9 Å². The first kappa shape index (κ1) is 54.1. The van der Waals surface area contributed by atoms with Crippen molar-refractivity contribution in [1.29, 1.82) is 0 Å². The fraction of sp³-hybridized carbons (Fsp3) is 0.576. The van der Waals surface area contributed by atoms with E-state index in [0.29, 0.717) is 80.0 Å². The predicted octanol–water partition coefficient (Wildman–Crippen LogP) is 7.51. The Balaban J connectivity index is 0.874. The molecule has 4 fully saturated rings. The minimum absolute atomic E-state index is 0.0122. The number of aromatic amines is 1. The van der Waals surface area contributed by atoms with Gasteiger partial charge in [-0.2, -0.15) is 0 Å². The number of aliphatic hydroxyl groups is 4. The lowest BCUT2D eigenvalue weighted by Crippen LogP contribution is -2.67. The van der Waals surface area contributed by atoms with E-state index in [-0.39, 0.29) is 96.5 Å². The Kier molecular flexibility index (Phi) is 15.2. The normalized spacial score (nSPS) is 33.7. The molecule has 13 heteroatoms. The molecule has 420 valence electrons. The highest BCUT2D eigenvalue weighted by Crippen LogP contribution is 2.68. The van der Waals surface area contributed by atoms with Crippen LogP contribution in [0.25, 0.3) is 10.8 Å². The van der Waals surface area contributed by atoms with Gasteiger partial charge in [-0.05, 0) is 200 Å². The van der Waals surface area contributed by atoms with Crippen LogP contribution >= 0.6 is 0 Å². The number of nitrogens with two attached hydrogens (primary N) is 1. The third-order valence-electron chi connectivity index (χ3n) is 21.4. The van der Waals surface area contributed by atoms with Gasteiger partial charge in [-0.1, -0.05) is 68.2 Å². The third-order valence-corrected chi connectivity index (χ3v) is 21.4. The number of phenolic OH excluding ortho intramolecular Hbond substituents is 1. The molecule has 11 N–H and O–H groups in total. The third kappa shape index (κ3) is 9.44. The van der Waals surface area contributed by atoms with E-state index in [2.05, 4.69) is 83.2 Å². The van der Waals surface area contributed by atoms with E-state index in [1.807, 2.05) is 18.2 Å². The van der Waals surface area contributed by atoms with Gasteiger partial charge in [0.05, 0.1) is 31.2 Å². The summed E-state index contributed by atoms with van der Waals surface area (Å²) in [4.78, 5) is 32.9. The summed E-state index contributed by atoms with van der Waals surface area (Å²) in [6, 6.07) is 18.1. The quantitative estimate of drug-likeness (QED) is 0.0493. The van der Waals surface area contributed by atoms with Gasteiger partial charge in [0.1, 0.15) is 11.2 Å². The number of H-pyrrole nitrogens is 1. The van der Waals surface area contributed by atoms with Crippen molar-refractivity contribution in [2.24, 2.45) is 58.5 Å². The number of aryl methyl sites for hydroxylation is 2. The van der Waals surface area contributed by atoms with Crippen LogP contribution < -0.4 is 26.4 Å². The molecule has 8 aliphatic rings. The van der Waals surface area contributed by atoms with Crippen LogP contribution in [0.3, 0.4) is 0 Å². The fourth-order valence-corrected chi connectivity index (χ4v) is 17.9. The van der Waals surface area contributed by atoms with Gasteiger partial charge in [0, 0.05) is 73.5 Å². The number of Topliss-reactive ketones (excluding diaryl/α,β-unsaturated/α-hetero) is 2. The number of carbonyl (C=O) groups is 2. The van der Waals surface area contributed by atoms with Crippen LogP contribution in [0.5, 0.6) is 11.5 Å². The SMILES string of the molecule is CCNC[C@H]1[C@H]2c3[nH]cc4c3[C@@H]3[C@@H]5[C@@H]2[C@@H](CN[C@@H]5CC(=O)[C@@H]3CC4)[C@H](CCCO)[C@@H]1[C@@H]1CC[C@@]2(C#C[C@@H](C[C@H](O)[C@H](O)C[C@@H](C3=C(CC)CNC(N)=C3)c3ccc4ccccc4c3)c3cc(O)c(OC)cc3CCC2=O)[C@H](O)C1. The molecule has 1 spiro atoms. The summed E-state index contributed by atoms with van der Waals surface area (Å²) in [5.41, 5.74) is 13.8. The molecule has 3 aromatic carbocycles. The summed E-state index contributed by atoms with van der Waals surface area (Å²) >= 11 is 0. The molecule has 6 aliphatic carbocycles. The number of allylic oxidation sites excluding steroid dienone is 2. The van der Waals surface area contributed by atoms with Crippen LogP contribution in [-0.4, -0.2) is 106 Å². The smallest absolute Gasteiger partial charge is 0.160 e. The molecule has 0 radical (unpaired) electrons. The largest absolute Gasteiger partial charge is 0.504 e. The second-order valence-corrected chi connectivity index (χ2v) is 25.0. The summed E-state index contributed by atoms with van der Waals surface area (Å²) in [5, 5.41) is 72.7. The predicted molar refractivity (Wildman–Crippen MR) is 305 cm³/mol. The maximum Gasteiger partial charge on any atom is 0.160 e. The minimum Gasteiger partial charge on any atom is -0.504 e. The number of aliphatic hydroxyl groups excluding tert-OH is 4. The number of dihydropyridines is 1. The number of aromatic nitrogens is 1. The number of rotatable bonds is 16. The van der Waals surface area contributed by atoms with Crippen molar-refractivity contribution in [3.63, 3.8) is 0 Å². The first-order valence-corrected chi connectivity index (χ1v) is 30.0. The number of methoxy groups -OCH3 is 1. The molecule has 3 saturated carbocycles. The van der Waals surface area contributed by atoms with Gasteiger partial charge in [0.25, 0.3) is 0 Å². The van der Waals surface area contributed by atoms with Gasteiger partial charge in [-0.15, -0.1) is 0 Å². The Labute approximate surface area is 465 Å². The Bertz CT molecular complexity index is 3100. The molecule has 4 aromatic rings. The zero-order valence-corrected chi connectivity index (χ0v) is 46.4. The van der Waals surface area contributed by atoms with Crippen molar-refractivity contribution in [2.75, 3.05) is 39.9 Å². The molecule has 1 aromatic heterocycles. The zero-order chi connectivity index (χ0) is 54.9. The summed E-state index contributed by atoms with van der Waals surface area (Å²) in [5.74, 6) is 9.37. The maximum absolute atomic E-state index is 15.1. The molecule has 1 saturated heterocycles. The summed E-state index contributed by atoms with van der Waals surface area (Å²) in [6.07, 6.45) is 7.60. The monoisotopic (exact) mass is 1070 g/mol. The lowest BCUT2D eigenvalue weighted by molar-refractivity contribution is -0.144. The van der Waals surface area contributed by atoms with Crippen molar-refractivity contribution in [2.45, 2.75) is 145 Å². The van der Waals surface area contributed by atoms with E-state index in [4.69, 9.17) is 10.5 Å². The number of nitrogens with one attached hydrogen (secondary N) is 4. The van der Waals surface area contributed by atoms with Gasteiger partial charge in [-0.3, -0.25) is 9.59 Å². The number of phenols is 1. The topological polar surface area (TPSA) is 222 Å². The van der Waals surface area contributed by atoms with E-state index >= 15 is 4.79 Å². The van der Waals surface area contributed by atoms with Crippen molar-refractivity contribution in [3.05, 3.63) is 117 Å². The number of ether oxygens (including phenoxy) is 1. The number of aromatic hydroxyl groups is 1. The van der Waals surface area contributed by atoms with Crippen molar-refractivity contribution in [1.82, 2.24) is 20.9 Å². The van der Waals surface area contributed by atoms with Crippen LogP contribution in [0, 0.1) is 64.6 Å². The molecule has 79 heavy (non-hydrogen) atoms. The Morgan fingerprint density at radius 2 is 1.78 bits per heavy atom. The summed E-state index contributed by atoms with van der Waals surface area (Å²) < 4.78 is 5.60. The molecule has 0 unspecified atom stereocenters. The van der Waals surface area contributed by atoms with E-state index in [1.165, 1.54) is 29.5 Å². The lowest BCUT2D eigenvalue weighted by atomic mass is 9.41. The molecule has 12 rings (SSSR count). The van der Waals surface area contributed by atoms with Crippen LogP contribution in [0.2, 0.25) is 0 Å². The fourth-order valence-electron chi connectivity index (χ4n) is 17.9. The molecule has 17 atom stereocenters.